The number of carbonyl (C=O) groups excluding carboxylic acids is 3. The minimum absolute atomic E-state index is 0.00591. The van der Waals surface area contributed by atoms with Gasteiger partial charge in [0, 0.05) is 35.7 Å². The summed E-state index contributed by atoms with van der Waals surface area (Å²) >= 11 is 0. The molecule has 1 aromatic rings. The molecule has 0 bridgehead atoms. The predicted octanol–water partition coefficient (Wildman–Crippen LogP) is 1.05. The Bertz CT molecular complexity index is 1290. The number of amides is 1. The fourth-order valence-electron chi connectivity index (χ4n) is 6.18. The van der Waals surface area contributed by atoms with Crippen LogP contribution in [0.15, 0.2) is 28.7 Å². The third kappa shape index (κ3) is 3.89. The highest BCUT2D eigenvalue weighted by Crippen LogP contribution is 2.52. The molecule has 0 unspecified atom stereocenters. The monoisotopic (exact) mass is 535 g/mol. The number of hydrogen-bond donors (Lipinski definition) is 5. The molecule has 0 aliphatic heterocycles. The molecule has 0 saturated carbocycles. The number of benzene rings is 1. The molecule has 4 atom stereocenters. The minimum atomic E-state index is -2.76. The molecule has 0 fully saturated rings. The topological polar surface area (TPSA) is 165 Å². The Morgan fingerprint density at radius 1 is 1.24 bits per heavy atom. The quantitative estimate of drug-likeness (QED) is 0.321. The van der Waals surface area contributed by atoms with Crippen molar-refractivity contribution in [1.82, 2.24) is 9.80 Å². The zero-order chi connectivity index (χ0) is 28.3. The Kier molecular flexibility index (Phi) is 7.10. The lowest BCUT2D eigenvalue weighted by Crippen LogP contribution is -2.63. The molecule has 6 N–H and O–H groups in total. The molecule has 3 aliphatic carbocycles. The smallest absolute Gasteiger partial charge is 0.255 e. The van der Waals surface area contributed by atoms with Crippen molar-refractivity contribution in [3.05, 3.63) is 51.2 Å². The largest absolute Gasteiger partial charge is 0.510 e. The molecule has 0 heterocycles. The summed E-state index contributed by atoms with van der Waals surface area (Å²) in [5.41, 5.74) is 0.865. The van der Waals surface area contributed by atoms with Crippen molar-refractivity contribution >= 4 is 17.5 Å². The normalized spacial score (nSPS) is 27.1. The second-order valence-corrected chi connectivity index (χ2v) is 10.2. The Labute approximate surface area is 217 Å². The van der Waals surface area contributed by atoms with E-state index in [2.05, 4.69) is 0 Å². The number of phenols is 1. The van der Waals surface area contributed by atoms with Crippen LogP contribution in [0.4, 0.5) is 8.78 Å². The number of carbonyl (C=O) groups is 3. The van der Waals surface area contributed by atoms with Crippen LogP contribution in [-0.4, -0.2) is 93.2 Å². The van der Waals surface area contributed by atoms with Crippen LogP contribution in [0.1, 0.15) is 34.8 Å². The van der Waals surface area contributed by atoms with Gasteiger partial charge in [0.25, 0.3) is 5.91 Å². The first-order valence-electron chi connectivity index (χ1n) is 12.3. The van der Waals surface area contributed by atoms with E-state index in [4.69, 9.17) is 5.73 Å². The van der Waals surface area contributed by atoms with E-state index in [9.17, 15) is 39.2 Å². The van der Waals surface area contributed by atoms with Crippen LogP contribution in [0.3, 0.4) is 0 Å². The number of aliphatic hydroxyl groups is 3. The number of ketones is 2. The van der Waals surface area contributed by atoms with Gasteiger partial charge >= 0.3 is 0 Å². The fraction of sp³-hybridized carbons (Fsp3) is 0.500. The summed E-state index contributed by atoms with van der Waals surface area (Å²) in [6, 6.07) is -0.0609. The number of phenolic OH excluding ortho intramolecular Hbond substituents is 1. The van der Waals surface area contributed by atoms with E-state index in [1.165, 1.54) is 19.0 Å². The van der Waals surface area contributed by atoms with Crippen molar-refractivity contribution < 1.29 is 43.6 Å². The van der Waals surface area contributed by atoms with Crippen LogP contribution in [0.5, 0.6) is 5.75 Å². The molecular formula is C26H31F2N3O7. The summed E-state index contributed by atoms with van der Waals surface area (Å²) in [5, 5.41) is 44.3. The van der Waals surface area contributed by atoms with Crippen LogP contribution < -0.4 is 5.73 Å². The van der Waals surface area contributed by atoms with E-state index in [0.29, 0.717) is 6.54 Å². The van der Waals surface area contributed by atoms with E-state index in [1.807, 2.05) is 0 Å². The zero-order valence-electron chi connectivity index (χ0n) is 21.3. The molecule has 38 heavy (non-hydrogen) atoms. The maximum absolute atomic E-state index is 15.7. The molecule has 3 aliphatic rings. The third-order valence-corrected chi connectivity index (χ3v) is 7.97. The van der Waals surface area contributed by atoms with Crippen LogP contribution >= 0.6 is 0 Å². The van der Waals surface area contributed by atoms with Crippen LogP contribution in [-0.2, 0) is 22.6 Å². The van der Waals surface area contributed by atoms with Gasteiger partial charge in [-0.1, -0.05) is 6.92 Å². The first kappa shape index (κ1) is 27.7. The van der Waals surface area contributed by atoms with Crippen LogP contribution in [0, 0.1) is 17.7 Å². The van der Waals surface area contributed by atoms with Gasteiger partial charge in [0.15, 0.2) is 11.4 Å². The highest BCUT2D eigenvalue weighted by atomic mass is 19.1. The number of alkyl halides is 1. The molecule has 0 radical (unpaired) electrons. The Balaban J connectivity index is 1.87. The number of nitrogens with two attached hydrogens (primary N) is 1. The second kappa shape index (κ2) is 9.75. The number of rotatable bonds is 7. The number of likely N-dealkylation sites (N-methyl/N-ethyl adjacent to an activating group) is 1. The van der Waals surface area contributed by atoms with Crippen molar-refractivity contribution in [2.75, 3.05) is 33.9 Å². The average molecular weight is 536 g/mol. The number of halogens is 2. The number of allylic oxidation sites excluding steroid dienone is 1. The van der Waals surface area contributed by atoms with Crippen LogP contribution in [0.25, 0.3) is 0 Å². The van der Waals surface area contributed by atoms with E-state index in [1.54, 1.807) is 11.8 Å². The van der Waals surface area contributed by atoms with E-state index < -0.39 is 81.8 Å². The molecule has 0 saturated heterocycles. The molecule has 0 spiro atoms. The van der Waals surface area contributed by atoms with Crippen LogP contribution in [0.2, 0.25) is 0 Å². The number of nitrogens with zero attached hydrogens (tertiary/aromatic N) is 2. The van der Waals surface area contributed by atoms with E-state index in [0.717, 1.165) is 6.07 Å². The minimum Gasteiger partial charge on any atom is -0.510 e. The Hall–Kier alpha value is -3.35. The SMILES string of the molecule is CCN(CCF)Cc1cc(O)c2c(c1F)C[C@H]1C[C@H]3[C@H](N(C)C)C(O)=C(C(N)=O)C(=O)[C@@]3(O)C(O)=C1C2=O. The molecule has 1 amide bonds. The lowest BCUT2D eigenvalue weighted by Gasteiger charge is -2.50. The summed E-state index contributed by atoms with van der Waals surface area (Å²) in [5.74, 6) is -8.69. The van der Waals surface area contributed by atoms with Crippen molar-refractivity contribution in [2.45, 2.75) is 38.0 Å². The standard InChI is InChI=1S/C26H31F2N3O7/c1-4-31(6-5-27)10-12-9-15(32)17-13(19(12)28)7-11-8-14-20(30(2)3)22(34)18(25(29)37)24(36)26(14,38)23(35)16(11)21(17)33/h9,11,14,20,32,34-35,38H,4-8,10H2,1-3H3,(H2,29,37)/t11-,14-,20-,26-/m0/s1. The van der Waals surface area contributed by atoms with Gasteiger partial charge in [0.2, 0.25) is 5.78 Å². The summed E-state index contributed by atoms with van der Waals surface area (Å²) < 4.78 is 28.6. The molecule has 10 nitrogen and oxygen atoms in total. The number of aliphatic hydroxyl groups excluding tert-OH is 2. The Morgan fingerprint density at radius 3 is 2.45 bits per heavy atom. The van der Waals surface area contributed by atoms with Crippen molar-refractivity contribution in [1.29, 1.82) is 0 Å². The van der Waals surface area contributed by atoms with Crippen molar-refractivity contribution in [2.24, 2.45) is 17.6 Å². The Morgan fingerprint density at radius 2 is 1.89 bits per heavy atom. The third-order valence-electron chi connectivity index (χ3n) is 7.97. The number of hydrogen-bond acceptors (Lipinski definition) is 9. The number of Topliss-reactive ketones (excluding diaryl/α,β-unsaturated/α-hetero) is 2. The van der Waals surface area contributed by atoms with Gasteiger partial charge in [-0.25, -0.2) is 8.78 Å². The van der Waals surface area contributed by atoms with Gasteiger partial charge in [0.05, 0.1) is 11.6 Å². The summed E-state index contributed by atoms with van der Waals surface area (Å²) in [6.07, 6.45) is -0.296. The van der Waals surface area contributed by atoms with Gasteiger partial charge < -0.3 is 26.2 Å². The highest BCUT2D eigenvalue weighted by Gasteiger charge is 2.63. The second-order valence-electron chi connectivity index (χ2n) is 10.2. The molecule has 4 rings (SSSR count). The molecule has 12 heteroatoms. The van der Waals surface area contributed by atoms with E-state index >= 15 is 4.39 Å². The molecule has 1 aromatic carbocycles. The maximum atomic E-state index is 15.7. The fourth-order valence-corrected chi connectivity index (χ4v) is 6.18. The number of aromatic hydroxyl groups is 1. The maximum Gasteiger partial charge on any atom is 0.255 e. The number of primary amides is 1. The first-order valence-corrected chi connectivity index (χ1v) is 12.3. The number of fused-ring (bicyclic) bond motifs is 3. The van der Waals surface area contributed by atoms with Crippen molar-refractivity contribution in [3.8, 4) is 5.75 Å². The highest BCUT2D eigenvalue weighted by molar-refractivity contribution is 6.24. The van der Waals surface area contributed by atoms with E-state index in [-0.39, 0.29) is 42.6 Å². The van der Waals surface area contributed by atoms with Gasteiger partial charge in [-0.05, 0) is 45.5 Å². The molecule has 0 aromatic heterocycles. The van der Waals surface area contributed by atoms with Gasteiger partial charge in [-0.3, -0.25) is 24.2 Å². The molecule has 206 valence electrons. The zero-order valence-corrected chi connectivity index (χ0v) is 21.3. The average Bonchev–Trinajstić information content (AvgIpc) is 2.83. The molecular weight excluding hydrogens is 504 g/mol. The summed E-state index contributed by atoms with van der Waals surface area (Å²) in [6.45, 7) is 1.61. The lowest BCUT2D eigenvalue weighted by atomic mass is 9.58. The van der Waals surface area contributed by atoms with Crippen molar-refractivity contribution in [3.63, 3.8) is 0 Å². The summed E-state index contributed by atoms with van der Waals surface area (Å²) in [7, 11) is 3.04. The summed E-state index contributed by atoms with van der Waals surface area (Å²) in [4.78, 5) is 41.9. The van der Waals surface area contributed by atoms with Gasteiger partial charge in [-0.15, -0.1) is 0 Å². The first-order chi connectivity index (χ1) is 17.8. The lowest BCUT2D eigenvalue weighted by molar-refractivity contribution is -0.148. The predicted molar refractivity (Wildman–Crippen MR) is 131 cm³/mol. The van der Waals surface area contributed by atoms with Gasteiger partial charge in [-0.2, -0.15) is 0 Å². The van der Waals surface area contributed by atoms with Gasteiger partial charge in [0.1, 0.15) is 35.3 Å².